The number of carbonyl (C=O) groups is 1. The Morgan fingerprint density at radius 3 is 3.00 bits per heavy atom. The van der Waals surface area contributed by atoms with Crippen LogP contribution in [0.4, 0.5) is 0 Å². The molecule has 0 saturated heterocycles. The van der Waals surface area contributed by atoms with Crippen LogP contribution in [0.5, 0.6) is 0 Å². The lowest BCUT2D eigenvalue weighted by atomic mass is 9.95. The molecule has 112 valence electrons. The van der Waals surface area contributed by atoms with E-state index in [1.807, 2.05) is 25.1 Å². The molecule has 1 aromatic carbocycles. The average molecular weight is 286 g/mol. The van der Waals surface area contributed by atoms with Crippen molar-refractivity contribution < 1.29 is 9.53 Å². The zero-order valence-electron chi connectivity index (χ0n) is 12.7. The lowest BCUT2D eigenvalue weighted by Gasteiger charge is -2.13. The summed E-state index contributed by atoms with van der Waals surface area (Å²) in [5.74, 6) is -0.0350. The smallest absolute Gasteiger partial charge is 0.251 e. The van der Waals surface area contributed by atoms with Crippen LogP contribution in [-0.4, -0.2) is 30.6 Å². The molecular weight excluding hydrogens is 264 g/mol. The molecule has 0 bridgehead atoms. The van der Waals surface area contributed by atoms with Gasteiger partial charge in [-0.15, -0.1) is 0 Å². The first-order valence-electron chi connectivity index (χ1n) is 7.62. The van der Waals surface area contributed by atoms with Crippen molar-refractivity contribution in [1.82, 2.24) is 10.3 Å². The monoisotopic (exact) mass is 286 g/mol. The zero-order chi connectivity index (χ0) is 14.8. The van der Waals surface area contributed by atoms with Crippen molar-refractivity contribution in [2.45, 2.75) is 38.6 Å². The molecule has 2 aromatic rings. The first-order valence-corrected chi connectivity index (χ1v) is 7.62. The summed E-state index contributed by atoms with van der Waals surface area (Å²) in [6, 6.07) is 5.94. The largest absolute Gasteiger partial charge is 0.383 e. The van der Waals surface area contributed by atoms with Crippen LogP contribution in [0.3, 0.4) is 0 Å². The van der Waals surface area contributed by atoms with Gasteiger partial charge in [0.1, 0.15) is 0 Å². The van der Waals surface area contributed by atoms with E-state index in [1.165, 1.54) is 29.5 Å². The maximum atomic E-state index is 12.3. The topological polar surface area (TPSA) is 54.1 Å². The third kappa shape index (κ3) is 2.81. The minimum atomic E-state index is -0.0350. The maximum absolute atomic E-state index is 12.3. The number of nitrogens with one attached hydrogen (secondary N) is 2. The molecule has 1 heterocycles. The van der Waals surface area contributed by atoms with Gasteiger partial charge in [-0.3, -0.25) is 4.79 Å². The minimum Gasteiger partial charge on any atom is -0.383 e. The molecule has 1 atom stereocenters. The van der Waals surface area contributed by atoms with Crippen LogP contribution in [0, 0.1) is 0 Å². The Labute approximate surface area is 124 Å². The second-order valence-electron chi connectivity index (χ2n) is 5.88. The number of ether oxygens (including phenoxy) is 1. The zero-order valence-corrected chi connectivity index (χ0v) is 12.7. The Morgan fingerprint density at radius 2 is 2.19 bits per heavy atom. The summed E-state index contributed by atoms with van der Waals surface area (Å²) < 4.78 is 5.05. The van der Waals surface area contributed by atoms with Gasteiger partial charge >= 0.3 is 0 Å². The summed E-state index contributed by atoms with van der Waals surface area (Å²) in [4.78, 5) is 15.8. The third-order valence-corrected chi connectivity index (χ3v) is 4.15. The van der Waals surface area contributed by atoms with Gasteiger partial charge in [0, 0.05) is 35.3 Å². The predicted molar refractivity (Wildman–Crippen MR) is 83.7 cm³/mol. The number of methoxy groups -OCH3 is 1. The Kier molecular flexibility index (Phi) is 3.97. The lowest BCUT2D eigenvalue weighted by Crippen LogP contribution is -2.35. The molecule has 1 amide bonds. The van der Waals surface area contributed by atoms with E-state index in [4.69, 9.17) is 4.74 Å². The molecule has 4 nitrogen and oxygen atoms in total. The van der Waals surface area contributed by atoms with Crippen LogP contribution in [0.2, 0.25) is 0 Å². The second kappa shape index (κ2) is 5.90. The average Bonchev–Trinajstić information content (AvgIpc) is 2.85. The van der Waals surface area contributed by atoms with Crippen LogP contribution in [0.25, 0.3) is 10.9 Å². The SMILES string of the molecule is COC[C@H](C)NC(=O)c1ccc2[nH]c3c(c2c1)CCCC3. The van der Waals surface area contributed by atoms with Crippen LogP contribution >= 0.6 is 0 Å². The van der Waals surface area contributed by atoms with Crippen LogP contribution < -0.4 is 5.32 Å². The first-order chi connectivity index (χ1) is 10.2. The van der Waals surface area contributed by atoms with E-state index in [2.05, 4.69) is 10.3 Å². The van der Waals surface area contributed by atoms with E-state index in [1.54, 1.807) is 7.11 Å². The highest BCUT2D eigenvalue weighted by molar-refractivity contribution is 5.99. The van der Waals surface area contributed by atoms with Crippen LogP contribution in [0.15, 0.2) is 18.2 Å². The molecule has 0 aliphatic heterocycles. The lowest BCUT2D eigenvalue weighted by molar-refractivity contribution is 0.0905. The number of hydrogen-bond donors (Lipinski definition) is 2. The number of benzene rings is 1. The minimum absolute atomic E-state index is 0.0123. The van der Waals surface area contributed by atoms with Gasteiger partial charge in [0.15, 0.2) is 0 Å². The normalized spacial score (nSPS) is 15.7. The molecule has 0 unspecified atom stereocenters. The van der Waals surface area contributed by atoms with Crippen molar-refractivity contribution in [1.29, 1.82) is 0 Å². The highest BCUT2D eigenvalue weighted by Crippen LogP contribution is 2.29. The van der Waals surface area contributed by atoms with E-state index in [0.29, 0.717) is 6.61 Å². The Hall–Kier alpha value is -1.81. The number of rotatable bonds is 4. The van der Waals surface area contributed by atoms with Gasteiger partial charge in [-0.2, -0.15) is 0 Å². The molecule has 1 aliphatic rings. The summed E-state index contributed by atoms with van der Waals surface area (Å²) in [6.45, 7) is 2.46. The summed E-state index contributed by atoms with van der Waals surface area (Å²) >= 11 is 0. The number of amides is 1. The van der Waals surface area contributed by atoms with Gasteiger partial charge in [-0.25, -0.2) is 0 Å². The molecule has 21 heavy (non-hydrogen) atoms. The quantitative estimate of drug-likeness (QED) is 0.908. The van der Waals surface area contributed by atoms with E-state index in [9.17, 15) is 4.79 Å². The number of aromatic nitrogens is 1. The fraction of sp³-hybridized carbons (Fsp3) is 0.471. The molecule has 4 heteroatoms. The Balaban J connectivity index is 1.88. The number of H-pyrrole nitrogens is 1. The van der Waals surface area contributed by atoms with Gasteiger partial charge in [-0.1, -0.05) is 0 Å². The van der Waals surface area contributed by atoms with E-state index in [-0.39, 0.29) is 11.9 Å². The van der Waals surface area contributed by atoms with Crippen molar-refractivity contribution in [3.05, 3.63) is 35.0 Å². The van der Waals surface area contributed by atoms with Gasteiger partial charge in [0.25, 0.3) is 5.91 Å². The number of aryl methyl sites for hydroxylation is 2. The Bertz CT molecular complexity index is 660. The van der Waals surface area contributed by atoms with Crippen molar-refractivity contribution in [2.24, 2.45) is 0 Å². The fourth-order valence-electron chi connectivity index (χ4n) is 3.15. The summed E-state index contributed by atoms with van der Waals surface area (Å²) in [7, 11) is 1.64. The molecular formula is C17H22N2O2. The number of fused-ring (bicyclic) bond motifs is 3. The Morgan fingerprint density at radius 1 is 1.38 bits per heavy atom. The van der Waals surface area contributed by atoms with Crippen molar-refractivity contribution in [3.63, 3.8) is 0 Å². The molecule has 2 N–H and O–H groups in total. The molecule has 1 aliphatic carbocycles. The standard InChI is InChI=1S/C17H22N2O2/c1-11(10-21-2)18-17(20)12-7-8-16-14(9-12)13-5-3-4-6-15(13)19-16/h7-9,11,19H,3-6,10H2,1-2H3,(H,18,20)/t11-/m0/s1. The van der Waals surface area contributed by atoms with E-state index in [0.717, 1.165) is 23.9 Å². The highest BCUT2D eigenvalue weighted by atomic mass is 16.5. The molecule has 0 fully saturated rings. The third-order valence-electron chi connectivity index (χ3n) is 4.15. The number of hydrogen-bond acceptors (Lipinski definition) is 2. The van der Waals surface area contributed by atoms with Crippen LogP contribution in [-0.2, 0) is 17.6 Å². The van der Waals surface area contributed by atoms with Gasteiger partial charge in [0.2, 0.25) is 0 Å². The molecule has 0 saturated carbocycles. The number of aromatic amines is 1. The van der Waals surface area contributed by atoms with E-state index >= 15 is 0 Å². The molecule has 0 radical (unpaired) electrons. The number of carbonyl (C=O) groups excluding carboxylic acids is 1. The highest BCUT2D eigenvalue weighted by Gasteiger charge is 2.17. The first kappa shape index (κ1) is 14.1. The second-order valence-corrected chi connectivity index (χ2v) is 5.88. The molecule has 1 aromatic heterocycles. The molecule has 0 spiro atoms. The summed E-state index contributed by atoms with van der Waals surface area (Å²) in [6.07, 6.45) is 4.72. The van der Waals surface area contributed by atoms with Gasteiger partial charge in [-0.05, 0) is 56.4 Å². The molecule has 3 rings (SSSR count). The van der Waals surface area contributed by atoms with Gasteiger partial charge < -0.3 is 15.0 Å². The van der Waals surface area contributed by atoms with Crippen molar-refractivity contribution in [2.75, 3.05) is 13.7 Å². The predicted octanol–water partition coefficient (Wildman–Crippen LogP) is 2.81. The van der Waals surface area contributed by atoms with Gasteiger partial charge in [0.05, 0.1) is 6.61 Å². The summed E-state index contributed by atoms with van der Waals surface area (Å²) in [5, 5.41) is 4.17. The maximum Gasteiger partial charge on any atom is 0.251 e. The van der Waals surface area contributed by atoms with E-state index < -0.39 is 0 Å². The van der Waals surface area contributed by atoms with Crippen molar-refractivity contribution >= 4 is 16.8 Å². The fourth-order valence-corrected chi connectivity index (χ4v) is 3.15. The van der Waals surface area contributed by atoms with Crippen LogP contribution in [0.1, 0.15) is 41.4 Å². The summed E-state index contributed by atoms with van der Waals surface area (Å²) in [5.41, 5.74) is 4.61. The van der Waals surface area contributed by atoms with Crippen molar-refractivity contribution in [3.8, 4) is 0 Å².